The van der Waals surface area contributed by atoms with Gasteiger partial charge in [0.2, 0.25) is 0 Å². The highest BCUT2D eigenvalue weighted by molar-refractivity contribution is 14.0. The first-order valence-corrected chi connectivity index (χ1v) is 8.56. The smallest absolute Gasteiger partial charge is 0.194 e. The molecule has 0 bridgehead atoms. The first-order valence-electron chi connectivity index (χ1n) is 7.77. The van der Waals surface area contributed by atoms with Gasteiger partial charge in [-0.3, -0.25) is 4.90 Å². The fourth-order valence-corrected chi connectivity index (χ4v) is 2.81. The second-order valence-electron chi connectivity index (χ2n) is 5.39. The Balaban J connectivity index is 0.00000288. The average molecular weight is 509 g/mol. The number of terminal acetylenes is 1. The zero-order valence-corrected chi connectivity index (χ0v) is 17.7. The van der Waals surface area contributed by atoms with Crippen LogP contribution in [0.4, 0.5) is 4.39 Å². The number of nitrogens with one attached hydrogen (secondary N) is 1. The molecule has 0 unspecified atom stereocenters. The zero-order valence-electron chi connectivity index (χ0n) is 13.8. The third-order valence-electron chi connectivity index (χ3n) is 3.72. The summed E-state index contributed by atoms with van der Waals surface area (Å²) >= 11 is 3.18. The molecule has 0 spiro atoms. The summed E-state index contributed by atoms with van der Waals surface area (Å²) in [5.74, 6) is 3.21. The van der Waals surface area contributed by atoms with E-state index >= 15 is 0 Å². The maximum Gasteiger partial charge on any atom is 0.194 e. The van der Waals surface area contributed by atoms with Crippen molar-refractivity contribution in [1.82, 2.24) is 15.1 Å². The predicted octanol–water partition coefficient (Wildman–Crippen LogP) is 2.92. The van der Waals surface area contributed by atoms with Gasteiger partial charge >= 0.3 is 0 Å². The SMILES string of the molecule is C#CCN=C(NCC)N1CCN(Cc2ccc(Br)c(F)c2)CC1.I. The molecule has 1 aromatic carbocycles. The number of guanidine groups is 1. The van der Waals surface area contributed by atoms with E-state index in [2.05, 4.69) is 42.0 Å². The molecule has 1 aliphatic heterocycles. The summed E-state index contributed by atoms with van der Waals surface area (Å²) in [6, 6.07) is 5.31. The Morgan fingerprint density at radius 3 is 2.67 bits per heavy atom. The van der Waals surface area contributed by atoms with Crippen molar-refractivity contribution in [3.05, 3.63) is 34.1 Å². The number of piperazine rings is 1. The highest BCUT2D eigenvalue weighted by Crippen LogP contribution is 2.18. The van der Waals surface area contributed by atoms with Crippen molar-refractivity contribution in [2.24, 2.45) is 4.99 Å². The van der Waals surface area contributed by atoms with E-state index in [0.29, 0.717) is 11.0 Å². The Bertz CT molecular complexity index is 595. The van der Waals surface area contributed by atoms with Crippen molar-refractivity contribution in [2.45, 2.75) is 13.5 Å². The highest BCUT2D eigenvalue weighted by atomic mass is 127. The number of aliphatic imine (C=N–C) groups is 1. The molecular formula is C17H23BrFIN4. The van der Waals surface area contributed by atoms with Gasteiger partial charge in [-0.1, -0.05) is 12.0 Å². The molecule has 132 valence electrons. The maximum absolute atomic E-state index is 13.6. The van der Waals surface area contributed by atoms with Gasteiger partial charge in [0.1, 0.15) is 12.4 Å². The van der Waals surface area contributed by atoms with Gasteiger partial charge in [-0.15, -0.1) is 30.4 Å². The molecule has 1 N–H and O–H groups in total. The molecule has 1 fully saturated rings. The number of hydrogen-bond acceptors (Lipinski definition) is 2. The fraction of sp³-hybridized carbons (Fsp3) is 0.471. The molecule has 0 aromatic heterocycles. The van der Waals surface area contributed by atoms with Gasteiger partial charge in [0.25, 0.3) is 0 Å². The van der Waals surface area contributed by atoms with Crippen LogP contribution in [0.15, 0.2) is 27.7 Å². The van der Waals surface area contributed by atoms with Crippen LogP contribution < -0.4 is 5.32 Å². The molecule has 0 radical (unpaired) electrons. The van der Waals surface area contributed by atoms with Gasteiger partial charge in [0.05, 0.1) is 4.47 Å². The van der Waals surface area contributed by atoms with Crippen LogP contribution in [0.2, 0.25) is 0 Å². The van der Waals surface area contributed by atoms with Crippen LogP contribution in [-0.2, 0) is 6.54 Å². The number of hydrogen-bond donors (Lipinski definition) is 1. The molecule has 0 amide bonds. The van der Waals surface area contributed by atoms with E-state index in [4.69, 9.17) is 6.42 Å². The Kier molecular flexibility index (Phi) is 9.63. The molecule has 1 heterocycles. The summed E-state index contributed by atoms with van der Waals surface area (Å²) in [5.41, 5.74) is 0.993. The van der Waals surface area contributed by atoms with Crippen molar-refractivity contribution in [2.75, 3.05) is 39.3 Å². The highest BCUT2D eigenvalue weighted by Gasteiger charge is 2.19. The maximum atomic E-state index is 13.6. The largest absolute Gasteiger partial charge is 0.356 e. The van der Waals surface area contributed by atoms with Crippen molar-refractivity contribution in [3.8, 4) is 12.3 Å². The Labute approximate surface area is 169 Å². The van der Waals surface area contributed by atoms with E-state index < -0.39 is 0 Å². The predicted molar refractivity (Wildman–Crippen MR) is 111 cm³/mol. The standard InChI is InChI=1S/C17H22BrFN4.HI/c1-3-7-21-17(20-4-2)23-10-8-22(9-11-23)13-14-5-6-15(18)16(19)12-14;/h1,5-6,12H,4,7-11,13H2,2H3,(H,20,21);1H. The molecule has 1 aliphatic rings. The van der Waals surface area contributed by atoms with E-state index in [1.165, 1.54) is 0 Å². The van der Waals surface area contributed by atoms with Crippen LogP contribution in [-0.4, -0.2) is 55.0 Å². The number of halogens is 3. The first kappa shape index (κ1) is 21.2. The third kappa shape index (κ3) is 6.22. The molecule has 0 aliphatic carbocycles. The lowest BCUT2D eigenvalue weighted by Gasteiger charge is -2.36. The summed E-state index contributed by atoms with van der Waals surface area (Å²) in [7, 11) is 0. The van der Waals surface area contributed by atoms with Gasteiger partial charge in [0.15, 0.2) is 5.96 Å². The van der Waals surface area contributed by atoms with Crippen LogP contribution >= 0.6 is 39.9 Å². The van der Waals surface area contributed by atoms with E-state index in [9.17, 15) is 4.39 Å². The quantitative estimate of drug-likeness (QED) is 0.293. The average Bonchev–Trinajstić information content (AvgIpc) is 2.56. The van der Waals surface area contributed by atoms with Crippen LogP contribution in [0.1, 0.15) is 12.5 Å². The van der Waals surface area contributed by atoms with Crippen LogP contribution in [0.3, 0.4) is 0 Å². The molecule has 4 nitrogen and oxygen atoms in total. The number of rotatable bonds is 4. The molecule has 1 saturated heterocycles. The van der Waals surface area contributed by atoms with Gasteiger partial charge in [-0.2, -0.15) is 0 Å². The van der Waals surface area contributed by atoms with Gasteiger partial charge in [0, 0.05) is 39.3 Å². The van der Waals surface area contributed by atoms with E-state index in [-0.39, 0.29) is 29.8 Å². The molecule has 0 saturated carbocycles. The van der Waals surface area contributed by atoms with Gasteiger partial charge < -0.3 is 10.2 Å². The Morgan fingerprint density at radius 1 is 1.38 bits per heavy atom. The van der Waals surface area contributed by atoms with Crippen molar-refractivity contribution >= 4 is 45.9 Å². The van der Waals surface area contributed by atoms with Crippen molar-refractivity contribution in [3.63, 3.8) is 0 Å². The minimum absolute atomic E-state index is 0. The first-order chi connectivity index (χ1) is 11.1. The van der Waals surface area contributed by atoms with E-state index in [0.717, 1.165) is 50.8 Å². The molecule has 24 heavy (non-hydrogen) atoms. The van der Waals surface area contributed by atoms with Crippen LogP contribution in [0, 0.1) is 18.2 Å². The molecular weight excluding hydrogens is 486 g/mol. The Morgan fingerprint density at radius 2 is 2.08 bits per heavy atom. The van der Waals surface area contributed by atoms with Crippen LogP contribution in [0.25, 0.3) is 0 Å². The third-order valence-corrected chi connectivity index (χ3v) is 4.36. The summed E-state index contributed by atoms with van der Waals surface area (Å²) < 4.78 is 14.1. The van der Waals surface area contributed by atoms with Crippen molar-refractivity contribution in [1.29, 1.82) is 0 Å². The molecule has 2 rings (SSSR count). The normalized spacial score (nSPS) is 15.6. The van der Waals surface area contributed by atoms with E-state index in [1.807, 2.05) is 13.0 Å². The lowest BCUT2D eigenvalue weighted by molar-refractivity contribution is 0.172. The fourth-order valence-electron chi connectivity index (χ4n) is 2.56. The van der Waals surface area contributed by atoms with Gasteiger partial charge in [-0.05, 0) is 40.5 Å². The topological polar surface area (TPSA) is 30.9 Å². The summed E-state index contributed by atoms with van der Waals surface area (Å²) in [6.45, 7) is 7.61. The minimum Gasteiger partial charge on any atom is -0.356 e. The van der Waals surface area contributed by atoms with Crippen molar-refractivity contribution < 1.29 is 4.39 Å². The van der Waals surface area contributed by atoms with E-state index in [1.54, 1.807) is 12.1 Å². The second kappa shape index (κ2) is 10.9. The Hall–Kier alpha value is -0.850. The summed E-state index contributed by atoms with van der Waals surface area (Å²) in [4.78, 5) is 8.95. The number of nitrogens with zero attached hydrogens (tertiary/aromatic N) is 3. The lowest BCUT2D eigenvalue weighted by atomic mass is 10.2. The monoisotopic (exact) mass is 508 g/mol. The summed E-state index contributed by atoms with van der Waals surface area (Å²) in [6.07, 6.45) is 5.29. The minimum atomic E-state index is -0.211. The van der Waals surface area contributed by atoms with Crippen LogP contribution in [0.5, 0.6) is 0 Å². The molecule has 7 heteroatoms. The molecule has 0 atom stereocenters. The lowest BCUT2D eigenvalue weighted by Crippen LogP contribution is -2.52. The van der Waals surface area contributed by atoms with Gasteiger partial charge in [-0.25, -0.2) is 9.38 Å². The number of benzene rings is 1. The zero-order chi connectivity index (χ0) is 16.7. The molecule has 1 aromatic rings. The second-order valence-corrected chi connectivity index (χ2v) is 6.24. The summed E-state index contributed by atoms with van der Waals surface area (Å²) in [5, 5.41) is 3.27.